The van der Waals surface area contributed by atoms with Crippen LogP contribution in [0.25, 0.3) is 0 Å². The fourth-order valence-corrected chi connectivity index (χ4v) is 2.11. The van der Waals surface area contributed by atoms with Crippen LogP contribution in [0.5, 0.6) is 5.75 Å². The van der Waals surface area contributed by atoms with Crippen molar-refractivity contribution in [2.75, 3.05) is 5.32 Å². The van der Waals surface area contributed by atoms with Gasteiger partial charge < -0.3 is 15.4 Å². The number of rotatable bonds is 7. The van der Waals surface area contributed by atoms with E-state index in [0.717, 1.165) is 5.56 Å². The van der Waals surface area contributed by atoms with Crippen molar-refractivity contribution in [3.8, 4) is 5.75 Å². The predicted molar refractivity (Wildman–Crippen MR) is 93.7 cm³/mol. The molecule has 25 heavy (non-hydrogen) atoms. The average molecular weight is 344 g/mol. The summed E-state index contributed by atoms with van der Waals surface area (Å²) in [5.41, 5.74) is 1.35. The van der Waals surface area contributed by atoms with Gasteiger partial charge in [0.25, 0.3) is 0 Å². The lowest BCUT2D eigenvalue weighted by Gasteiger charge is -2.10. The van der Waals surface area contributed by atoms with Gasteiger partial charge in [0.05, 0.1) is 6.10 Å². The van der Waals surface area contributed by atoms with E-state index in [-0.39, 0.29) is 24.9 Å². The minimum absolute atomic E-state index is 0.0743. The van der Waals surface area contributed by atoms with Crippen molar-refractivity contribution >= 4 is 17.5 Å². The normalized spacial score (nSPS) is 10.4. The number of anilines is 1. The molecule has 2 rings (SSSR count). The van der Waals surface area contributed by atoms with Gasteiger partial charge in [0.15, 0.2) is 0 Å². The molecule has 2 N–H and O–H groups in total. The quantitative estimate of drug-likeness (QED) is 0.758. The SMILES string of the molecule is CC(C)Oc1ccc(NC(=O)CC(=O)NCc2ccc(F)cc2)cc1. The molecule has 0 heterocycles. The predicted octanol–water partition coefficient (Wildman–Crippen LogP) is 3.26. The van der Waals surface area contributed by atoms with Crippen LogP contribution < -0.4 is 15.4 Å². The molecule has 132 valence electrons. The number of amides is 2. The summed E-state index contributed by atoms with van der Waals surface area (Å²) in [5.74, 6) is -0.431. The summed E-state index contributed by atoms with van der Waals surface area (Å²) in [7, 11) is 0. The zero-order valence-electron chi connectivity index (χ0n) is 14.2. The summed E-state index contributed by atoms with van der Waals surface area (Å²) in [6.45, 7) is 4.11. The zero-order valence-corrected chi connectivity index (χ0v) is 14.2. The third-order valence-electron chi connectivity index (χ3n) is 3.23. The first kappa shape index (κ1) is 18.4. The Morgan fingerprint density at radius 1 is 1.00 bits per heavy atom. The van der Waals surface area contributed by atoms with Crippen LogP contribution in [0, 0.1) is 5.82 Å². The van der Waals surface area contributed by atoms with Crippen LogP contribution in [0.4, 0.5) is 10.1 Å². The molecular weight excluding hydrogens is 323 g/mol. The van der Waals surface area contributed by atoms with Crippen molar-refractivity contribution < 1.29 is 18.7 Å². The average Bonchev–Trinajstić information content (AvgIpc) is 2.55. The number of carbonyl (C=O) groups excluding carboxylic acids is 2. The van der Waals surface area contributed by atoms with E-state index in [4.69, 9.17) is 4.74 Å². The van der Waals surface area contributed by atoms with E-state index < -0.39 is 11.8 Å². The molecule has 0 atom stereocenters. The molecule has 0 aromatic heterocycles. The molecule has 5 nitrogen and oxygen atoms in total. The van der Waals surface area contributed by atoms with Crippen LogP contribution in [0.2, 0.25) is 0 Å². The Balaban J connectivity index is 1.77. The molecule has 2 aromatic rings. The maximum Gasteiger partial charge on any atom is 0.233 e. The molecular formula is C19H21FN2O3. The lowest BCUT2D eigenvalue weighted by Crippen LogP contribution is -2.27. The van der Waals surface area contributed by atoms with Gasteiger partial charge in [0, 0.05) is 12.2 Å². The standard InChI is InChI=1S/C19H21FN2O3/c1-13(2)25-17-9-7-16(8-10-17)22-19(24)11-18(23)21-12-14-3-5-15(20)6-4-14/h3-10,13H,11-12H2,1-2H3,(H,21,23)(H,22,24). The first-order chi connectivity index (χ1) is 11.9. The minimum Gasteiger partial charge on any atom is -0.491 e. The highest BCUT2D eigenvalue weighted by molar-refractivity contribution is 6.03. The Morgan fingerprint density at radius 2 is 1.64 bits per heavy atom. The van der Waals surface area contributed by atoms with Crippen molar-refractivity contribution in [3.05, 3.63) is 59.9 Å². The Hall–Kier alpha value is -2.89. The van der Waals surface area contributed by atoms with E-state index >= 15 is 0 Å². The molecule has 0 fully saturated rings. The fraction of sp³-hybridized carbons (Fsp3) is 0.263. The molecule has 0 bridgehead atoms. The van der Waals surface area contributed by atoms with Gasteiger partial charge in [0.2, 0.25) is 11.8 Å². The summed E-state index contributed by atoms with van der Waals surface area (Å²) in [6, 6.07) is 12.7. The van der Waals surface area contributed by atoms with Gasteiger partial charge in [-0.3, -0.25) is 9.59 Å². The summed E-state index contributed by atoms with van der Waals surface area (Å²) in [5, 5.41) is 5.28. The fourth-order valence-electron chi connectivity index (χ4n) is 2.11. The number of hydrogen-bond acceptors (Lipinski definition) is 3. The first-order valence-corrected chi connectivity index (χ1v) is 8.00. The third kappa shape index (κ3) is 6.63. The van der Waals surface area contributed by atoms with Crippen molar-refractivity contribution in [1.29, 1.82) is 0 Å². The smallest absolute Gasteiger partial charge is 0.233 e. The molecule has 0 aliphatic rings. The lowest BCUT2D eigenvalue weighted by atomic mass is 10.2. The molecule has 0 saturated carbocycles. The second-order valence-corrected chi connectivity index (χ2v) is 5.82. The highest BCUT2D eigenvalue weighted by Gasteiger charge is 2.10. The summed E-state index contributed by atoms with van der Waals surface area (Å²) in [4.78, 5) is 23.7. The highest BCUT2D eigenvalue weighted by Crippen LogP contribution is 2.17. The molecule has 2 aromatic carbocycles. The Bertz CT molecular complexity index is 712. The largest absolute Gasteiger partial charge is 0.491 e. The van der Waals surface area contributed by atoms with Gasteiger partial charge in [-0.15, -0.1) is 0 Å². The van der Waals surface area contributed by atoms with E-state index in [9.17, 15) is 14.0 Å². The van der Waals surface area contributed by atoms with Crippen LogP contribution in [-0.4, -0.2) is 17.9 Å². The van der Waals surface area contributed by atoms with Gasteiger partial charge in [-0.2, -0.15) is 0 Å². The van der Waals surface area contributed by atoms with E-state index in [1.54, 1.807) is 36.4 Å². The van der Waals surface area contributed by atoms with E-state index in [2.05, 4.69) is 10.6 Å². The monoisotopic (exact) mass is 344 g/mol. The number of halogens is 1. The van der Waals surface area contributed by atoms with Gasteiger partial charge in [-0.05, 0) is 55.8 Å². The Kier molecular flexibility index (Phi) is 6.51. The maximum absolute atomic E-state index is 12.8. The molecule has 0 saturated heterocycles. The van der Waals surface area contributed by atoms with Gasteiger partial charge in [-0.25, -0.2) is 4.39 Å². The minimum atomic E-state index is -0.408. The first-order valence-electron chi connectivity index (χ1n) is 8.00. The number of ether oxygens (including phenoxy) is 1. The molecule has 0 aliphatic heterocycles. The lowest BCUT2D eigenvalue weighted by molar-refractivity contribution is -0.126. The summed E-state index contributed by atoms with van der Waals surface area (Å²) < 4.78 is 18.3. The third-order valence-corrected chi connectivity index (χ3v) is 3.23. The van der Waals surface area contributed by atoms with Crippen molar-refractivity contribution in [2.45, 2.75) is 32.9 Å². The molecule has 0 radical (unpaired) electrons. The second kappa shape index (κ2) is 8.82. The number of nitrogens with one attached hydrogen (secondary N) is 2. The molecule has 0 unspecified atom stereocenters. The number of carbonyl (C=O) groups is 2. The molecule has 2 amide bonds. The van der Waals surface area contributed by atoms with E-state index in [1.807, 2.05) is 13.8 Å². The molecule has 6 heteroatoms. The van der Waals surface area contributed by atoms with Gasteiger partial charge in [-0.1, -0.05) is 12.1 Å². The van der Waals surface area contributed by atoms with Gasteiger partial charge >= 0.3 is 0 Å². The van der Waals surface area contributed by atoms with Crippen LogP contribution in [0.1, 0.15) is 25.8 Å². The Labute approximate surface area is 146 Å². The van der Waals surface area contributed by atoms with Crippen molar-refractivity contribution in [3.63, 3.8) is 0 Å². The maximum atomic E-state index is 12.8. The van der Waals surface area contributed by atoms with Crippen LogP contribution in [0.3, 0.4) is 0 Å². The molecule has 0 aliphatic carbocycles. The Morgan fingerprint density at radius 3 is 2.24 bits per heavy atom. The van der Waals surface area contributed by atoms with Crippen LogP contribution in [-0.2, 0) is 16.1 Å². The van der Waals surface area contributed by atoms with Gasteiger partial charge in [0.1, 0.15) is 18.0 Å². The van der Waals surface area contributed by atoms with Crippen molar-refractivity contribution in [2.24, 2.45) is 0 Å². The van der Waals surface area contributed by atoms with Crippen LogP contribution in [0.15, 0.2) is 48.5 Å². The number of hydrogen-bond donors (Lipinski definition) is 2. The second-order valence-electron chi connectivity index (χ2n) is 5.82. The summed E-state index contributed by atoms with van der Waals surface area (Å²) in [6.07, 6.45) is -0.212. The highest BCUT2D eigenvalue weighted by atomic mass is 19.1. The topological polar surface area (TPSA) is 67.4 Å². The van der Waals surface area contributed by atoms with Crippen molar-refractivity contribution in [1.82, 2.24) is 5.32 Å². The summed E-state index contributed by atoms with van der Waals surface area (Å²) >= 11 is 0. The number of benzene rings is 2. The molecule has 0 spiro atoms. The van der Waals surface area contributed by atoms with E-state index in [1.165, 1.54) is 12.1 Å². The van der Waals surface area contributed by atoms with Crippen LogP contribution >= 0.6 is 0 Å². The van der Waals surface area contributed by atoms with E-state index in [0.29, 0.717) is 11.4 Å². The zero-order chi connectivity index (χ0) is 18.2.